The van der Waals surface area contributed by atoms with E-state index in [9.17, 15) is 19.2 Å². The third-order valence-corrected chi connectivity index (χ3v) is 5.35. The lowest BCUT2D eigenvalue weighted by molar-refractivity contribution is -0.144. The monoisotopic (exact) mass is 402 g/mol. The number of Topliss-reactive ketones (excluding diaryl/α,β-unsaturated/α-hetero) is 1. The third-order valence-electron chi connectivity index (χ3n) is 5.35. The normalized spacial score (nSPS) is 16.6. The van der Waals surface area contributed by atoms with Gasteiger partial charge in [-0.15, -0.1) is 0 Å². The van der Waals surface area contributed by atoms with E-state index in [1.165, 1.54) is 0 Å². The molecule has 0 radical (unpaired) electrons. The van der Waals surface area contributed by atoms with Crippen LogP contribution in [0.25, 0.3) is 0 Å². The van der Waals surface area contributed by atoms with Crippen molar-refractivity contribution in [1.82, 2.24) is 10.6 Å². The summed E-state index contributed by atoms with van der Waals surface area (Å²) in [5.74, 6) is -3.59. The van der Waals surface area contributed by atoms with Crippen LogP contribution in [0.4, 0.5) is 0 Å². The van der Waals surface area contributed by atoms with E-state index in [0.717, 1.165) is 18.4 Å². The van der Waals surface area contributed by atoms with Crippen LogP contribution in [0.1, 0.15) is 52.0 Å². The largest absolute Gasteiger partial charge is 0.481 e. The van der Waals surface area contributed by atoms with Crippen molar-refractivity contribution in [3.63, 3.8) is 0 Å². The lowest BCUT2D eigenvalue weighted by Gasteiger charge is -2.26. The SMILES string of the molecule is CC(C)C[C@@H](CC(=O)O)C(=O)NC(C(=O)C(=O)NCc1ccccc1)C1(C)CC1. The number of hydrogen-bond acceptors (Lipinski definition) is 4. The maximum atomic E-state index is 12.8. The van der Waals surface area contributed by atoms with E-state index >= 15 is 0 Å². The Morgan fingerprint density at radius 2 is 1.72 bits per heavy atom. The molecule has 1 aliphatic carbocycles. The Morgan fingerprint density at radius 1 is 1.10 bits per heavy atom. The Labute approximate surface area is 171 Å². The van der Waals surface area contributed by atoms with Crippen LogP contribution in [0.15, 0.2) is 30.3 Å². The second kappa shape index (κ2) is 9.67. The summed E-state index contributed by atoms with van der Waals surface area (Å²) in [5, 5.41) is 14.4. The molecule has 1 aromatic rings. The zero-order valence-electron chi connectivity index (χ0n) is 17.2. The minimum Gasteiger partial charge on any atom is -0.481 e. The molecule has 0 spiro atoms. The molecular weight excluding hydrogens is 372 g/mol. The van der Waals surface area contributed by atoms with Gasteiger partial charge in [-0.1, -0.05) is 51.1 Å². The van der Waals surface area contributed by atoms with Gasteiger partial charge < -0.3 is 15.7 Å². The number of hydrogen-bond donors (Lipinski definition) is 3. The van der Waals surface area contributed by atoms with E-state index in [-0.39, 0.29) is 18.9 Å². The van der Waals surface area contributed by atoms with E-state index in [0.29, 0.717) is 6.42 Å². The van der Waals surface area contributed by atoms with Gasteiger partial charge in [0.25, 0.3) is 5.91 Å². The Balaban J connectivity index is 2.06. The van der Waals surface area contributed by atoms with Gasteiger partial charge in [-0.25, -0.2) is 0 Å². The Kier molecular flexibility index (Phi) is 7.53. The number of rotatable bonds is 11. The molecule has 2 rings (SSSR count). The van der Waals surface area contributed by atoms with Crippen LogP contribution < -0.4 is 10.6 Å². The fourth-order valence-electron chi connectivity index (χ4n) is 3.36. The summed E-state index contributed by atoms with van der Waals surface area (Å²) in [7, 11) is 0. The topological polar surface area (TPSA) is 113 Å². The first-order valence-corrected chi connectivity index (χ1v) is 10.0. The second-order valence-electron chi connectivity index (χ2n) is 8.55. The molecular formula is C22H30N2O5. The first-order valence-electron chi connectivity index (χ1n) is 10.0. The number of carbonyl (C=O) groups excluding carboxylic acids is 3. The smallest absolute Gasteiger partial charge is 0.304 e. The van der Waals surface area contributed by atoms with E-state index in [1.54, 1.807) is 0 Å². The highest BCUT2D eigenvalue weighted by atomic mass is 16.4. The van der Waals surface area contributed by atoms with Crippen LogP contribution in [0.3, 0.4) is 0 Å². The zero-order valence-corrected chi connectivity index (χ0v) is 17.2. The number of nitrogens with one attached hydrogen (secondary N) is 2. The molecule has 1 unspecified atom stereocenters. The molecule has 29 heavy (non-hydrogen) atoms. The molecule has 1 saturated carbocycles. The summed E-state index contributed by atoms with van der Waals surface area (Å²) >= 11 is 0. The highest BCUT2D eigenvalue weighted by molar-refractivity contribution is 6.38. The van der Waals surface area contributed by atoms with Gasteiger partial charge in [0.05, 0.1) is 6.42 Å². The summed E-state index contributed by atoms with van der Waals surface area (Å²) in [6, 6.07) is 8.28. The molecule has 1 aliphatic rings. The van der Waals surface area contributed by atoms with Crippen molar-refractivity contribution in [2.24, 2.45) is 17.3 Å². The molecule has 0 saturated heterocycles. The Bertz CT molecular complexity index is 756. The number of amides is 2. The van der Waals surface area contributed by atoms with Crippen LogP contribution in [0, 0.1) is 17.3 Å². The Hall–Kier alpha value is -2.70. The Morgan fingerprint density at radius 3 is 2.24 bits per heavy atom. The molecule has 2 amide bonds. The van der Waals surface area contributed by atoms with Gasteiger partial charge in [-0.3, -0.25) is 19.2 Å². The van der Waals surface area contributed by atoms with Crippen molar-refractivity contribution in [3.8, 4) is 0 Å². The van der Waals surface area contributed by atoms with Crippen molar-refractivity contribution >= 4 is 23.6 Å². The third kappa shape index (κ3) is 6.69. The van der Waals surface area contributed by atoms with Crippen molar-refractivity contribution in [1.29, 1.82) is 0 Å². The van der Waals surface area contributed by atoms with Gasteiger partial charge in [0.2, 0.25) is 11.7 Å². The summed E-state index contributed by atoms with van der Waals surface area (Å²) in [6.07, 6.45) is 1.55. The quantitative estimate of drug-likeness (QED) is 0.492. The molecule has 0 heterocycles. The van der Waals surface area contributed by atoms with Crippen molar-refractivity contribution < 1.29 is 24.3 Å². The predicted octanol–water partition coefficient (Wildman–Crippen LogP) is 2.29. The van der Waals surface area contributed by atoms with Gasteiger partial charge in [0.1, 0.15) is 6.04 Å². The standard InChI is InChI=1S/C22H30N2O5/c1-14(2)11-16(12-17(25)26)20(28)24-19(22(3)9-10-22)18(27)21(29)23-13-15-7-5-4-6-8-15/h4-8,14,16,19H,9-13H2,1-3H3,(H,23,29)(H,24,28)(H,25,26)/t16-,19?/m0/s1. The number of carboxylic acids is 1. The van der Waals surface area contributed by atoms with Crippen LogP contribution >= 0.6 is 0 Å². The summed E-state index contributed by atoms with van der Waals surface area (Å²) in [6.45, 7) is 5.89. The lowest BCUT2D eigenvalue weighted by atomic mass is 9.90. The van der Waals surface area contributed by atoms with Crippen LogP contribution in [0.2, 0.25) is 0 Å². The first-order chi connectivity index (χ1) is 13.6. The van der Waals surface area contributed by atoms with Crippen LogP contribution in [-0.4, -0.2) is 34.7 Å². The summed E-state index contributed by atoms with van der Waals surface area (Å²) < 4.78 is 0. The molecule has 2 atom stereocenters. The van der Waals surface area contributed by atoms with Crippen molar-refractivity contribution in [2.45, 2.75) is 59.0 Å². The molecule has 7 nitrogen and oxygen atoms in total. The number of aliphatic carboxylic acids is 1. The molecule has 0 aliphatic heterocycles. The fourth-order valence-corrected chi connectivity index (χ4v) is 3.36. The fraction of sp³-hybridized carbons (Fsp3) is 0.545. The van der Waals surface area contributed by atoms with E-state index in [1.807, 2.05) is 51.1 Å². The van der Waals surface area contributed by atoms with Gasteiger partial charge in [-0.05, 0) is 36.2 Å². The van der Waals surface area contributed by atoms with Crippen molar-refractivity contribution in [3.05, 3.63) is 35.9 Å². The van der Waals surface area contributed by atoms with E-state index in [4.69, 9.17) is 5.11 Å². The van der Waals surface area contributed by atoms with Crippen LogP contribution in [0.5, 0.6) is 0 Å². The molecule has 158 valence electrons. The van der Waals surface area contributed by atoms with Gasteiger partial charge >= 0.3 is 5.97 Å². The number of carbonyl (C=O) groups is 4. The van der Waals surface area contributed by atoms with Crippen molar-refractivity contribution in [2.75, 3.05) is 0 Å². The van der Waals surface area contributed by atoms with Gasteiger partial charge in [-0.2, -0.15) is 0 Å². The summed E-state index contributed by atoms with van der Waals surface area (Å²) in [5.41, 5.74) is 0.396. The maximum Gasteiger partial charge on any atom is 0.304 e. The molecule has 3 N–H and O–H groups in total. The summed E-state index contributed by atoms with van der Waals surface area (Å²) in [4.78, 5) is 49.1. The highest BCUT2D eigenvalue weighted by Crippen LogP contribution is 2.48. The zero-order chi connectivity index (χ0) is 21.6. The van der Waals surface area contributed by atoms with Crippen LogP contribution in [-0.2, 0) is 25.7 Å². The average molecular weight is 402 g/mol. The number of ketones is 1. The second-order valence-corrected chi connectivity index (χ2v) is 8.55. The maximum absolute atomic E-state index is 12.8. The van der Waals surface area contributed by atoms with E-state index in [2.05, 4.69) is 10.6 Å². The molecule has 0 bridgehead atoms. The molecule has 1 fully saturated rings. The van der Waals surface area contributed by atoms with E-state index < -0.39 is 40.9 Å². The number of benzene rings is 1. The minimum atomic E-state index is -1.06. The minimum absolute atomic E-state index is 0.130. The number of carboxylic acid groups (broad SMARTS) is 1. The van der Waals surface area contributed by atoms with Gasteiger partial charge in [0, 0.05) is 12.5 Å². The molecule has 0 aromatic heterocycles. The highest BCUT2D eigenvalue weighted by Gasteiger charge is 2.51. The molecule has 7 heteroatoms. The molecule has 1 aromatic carbocycles. The predicted molar refractivity (Wildman–Crippen MR) is 108 cm³/mol. The first kappa shape index (κ1) is 22.6. The van der Waals surface area contributed by atoms with Gasteiger partial charge in [0.15, 0.2) is 0 Å². The lowest BCUT2D eigenvalue weighted by Crippen LogP contribution is -2.53. The average Bonchev–Trinajstić information content (AvgIpc) is 3.41.